The highest BCUT2D eigenvalue weighted by atomic mass is 32.1. The zero-order chi connectivity index (χ0) is 13.7. The number of hydrogen-bond donors (Lipinski definition) is 2. The largest absolute Gasteiger partial charge is 0.497 e. The zero-order valence-corrected chi connectivity index (χ0v) is 11.5. The molecule has 2 rings (SSSR count). The lowest BCUT2D eigenvalue weighted by Gasteiger charge is -2.05. The van der Waals surface area contributed by atoms with Gasteiger partial charge >= 0.3 is 0 Å². The molecule has 0 aliphatic rings. The van der Waals surface area contributed by atoms with Crippen LogP contribution in [0.25, 0.3) is 0 Å². The topological polar surface area (TPSA) is 64.3 Å². The van der Waals surface area contributed by atoms with Crippen LogP contribution in [0.15, 0.2) is 36.4 Å². The summed E-state index contributed by atoms with van der Waals surface area (Å²) in [5, 5.41) is 2.88. The molecule has 5 heteroatoms. The fraction of sp³-hybridized carbons (Fsp3) is 0.214. The van der Waals surface area contributed by atoms with Crippen molar-refractivity contribution in [1.82, 2.24) is 5.32 Å². The Hall–Kier alpha value is -1.85. The van der Waals surface area contributed by atoms with Gasteiger partial charge in [-0.25, -0.2) is 0 Å². The fourth-order valence-corrected chi connectivity index (χ4v) is 2.43. The van der Waals surface area contributed by atoms with Gasteiger partial charge < -0.3 is 15.8 Å². The van der Waals surface area contributed by atoms with Crippen molar-refractivity contribution in [3.05, 3.63) is 51.7 Å². The molecule has 0 saturated heterocycles. The van der Waals surface area contributed by atoms with Crippen LogP contribution in [0, 0.1) is 0 Å². The molecule has 0 radical (unpaired) electrons. The number of nitrogens with one attached hydrogen (secondary N) is 1. The number of benzene rings is 1. The summed E-state index contributed by atoms with van der Waals surface area (Å²) in [6.45, 7) is 0.967. The summed E-state index contributed by atoms with van der Waals surface area (Å²) < 4.78 is 5.08. The van der Waals surface area contributed by atoms with Crippen LogP contribution < -0.4 is 15.8 Å². The number of amides is 1. The molecule has 0 unspecified atom stereocenters. The molecule has 1 heterocycles. The second kappa shape index (κ2) is 6.36. The highest BCUT2D eigenvalue weighted by molar-refractivity contribution is 7.14. The van der Waals surface area contributed by atoms with Crippen molar-refractivity contribution in [2.45, 2.75) is 13.1 Å². The molecule has 0 aliphatic carbocycles. The summed E-state index contributed by atoms with van der Waals surface area (Å²) in [6, 6.07) is 11.3. The van der Waals surface area contributed by atoms with E-state index >= 15 is 0 Å². The van der Waals surface area contributed by atoms with Gasteiger partial charge in [0.2, 0.25) is 0 Å². The van der Waals surface area contributed by atoms with Crippen LogP contribution in [0.4, 0.5) is 0 Å². The second-order valence-corrected chi connectivity index (χ2v) is 5.17. The fourth-order valence-electron chi connectivity index (χ4n) is 1.62. The Morgan fingerprint density at radius 3 is 2.58 bits per heavy atom. The highest BCUT2D eigenvalue weighted by Crippen LogP contribution is 2.16. The maximum absolute atomic E-state index is 11.9. The van der Waals surface area contributed by atoms with Gasteiger partial charge in [0, 0.05) is 18.0 Å². The Labute approximate surface area is 116 Å². The minimum absolute atomic E-state index is 0.0690. The Bertz CT molecular complexity index is 549. The normalized spacial score (nSPS) is 10.2. The molecule has 0 spiro atoms. The molecule has 19 heavy (non-hydrogen) atoms. The van der Waals surface area contributed by atoms with Gasteiger partial charge in [0.1, 0.15) is 5.75 Å². The lowest BCUT2D eigenvalue weighted by atomic mass is 10.2. The average Bonchev–Trinajstić information content (AvgIpc) is 2.94. The monoisotopic (exact) mass is 276 g/mol. The van der Waals surface area contributed by atoms with E-state index in [1.165, 1.54) is 11.3 Å². The van der Waals surface area contributed by atoms with E-state index in [1.54, 1.807) is 13.2 Å². The zero-order valence-electron chi connectivity index (χ0n) is 10.7. The first-order valence-electron chi connectivity index (χ1n) is 5.93. The van der Waals surface area contributed by atoms with Crippen molar-refractivity contribution in [1.29, 1.82) is 0 Å². The number of nitrogens with two attached hydrogens (primary N) is 1. The van der Waals surface area contributed by atoms with Gasteiger partial charge in [-0.15, -0.1) is 11.3 Å². The van der Waals surface area contributed by atoms with Crippen molar-refractivity contribution >= 4 is 17.2 Å². The van der Waals surface area contributed by atoms with Crippen molar-refractivity contribution in [3.8, 4) is 5.75 Å². The van der Waals surface area contributed by atoms with Crippen LogP contribution >= 0.6 is 11.3 Å². The van der Waals surface area contributed by atoms with Gasteiger partial charge in [0.15, 0.2) is 0 Å². The summed E-state index contributed by atoms with van der Waals surface area (Å²) in [5.41, 5.74) is 6.55. The van der Waals surface area contributed by atoms with Gasteiger partial charge in [-0.05, 0) is 29.8 Å². The molecular weight excluding hydrogens is 260 g/mol. The van der Waals surface area contributed by atoms with Gasteiger partial charge in [0.05, 0.1) is 12.0 Å². The van der Waals surface area contributed by atoms with E-state index in [0.29, 0.717) is 18.0 Å². The van der Waals surface area contributed by atoms with Crippen LogP contribution in [0.3, 0.4) is 0 Å². The van der Waals surface area contributed by atoms with Crippen LogP contribution in [0.2, 0.25) is 0 Å². The molecule has 0 saturated carbocycles. The number of rotatable bonds is 5. The molecule has 0 bridgehead atoms. The number of carbonyl (C=O) groups excluding carboxylic acids is 1. The summed E-state index contributed by atoms with van der Waals surface area (Å²) in [5.74, 6) is 0.737. The number of methoxy groups -OCH3 is 1. The van der Waals surface area contributed by atoms with E-state index in [0.717, 1.165) is 16.2 Å². The van der Waals surface area contributed by atoms with E-state index in [9.17, 15) is 4.79 Å². The minimum atomic E-state index is -0.0690. The summed E-state index contributed by atoms with van der Waals surface area (Å²) in [6.07, 6.45) is 0. The predicted octanol–water partition coefficient (Wildman–Crippen LogP) is 2.15. The molecule has 0 fully saturated rings. The molecule has 1 aromatic heterocycles. The average molecular weight is 276 g/mol. The molecule has 2 aromatic rings. The van der Waals surface area contributed by atoms with E-state index < -0.39 is 0 Å². The summed E-state index contributed by atoms with van der Waals surface area (Å²) >= 11 is 1.43. The Kier molecular flexibility index (Phi) is 4.54. The van der Waals surface area contributed by atoms with E-state index in [1.807, 2.05) is 30.3 Å². The molecule has 1 amide bonds. The lowest BCUT2D eigenvalue weighted by Crippen LogP contribution is -2.21. The Morgan fingerprint density at radius 2 is 2.00 bits per heavy atom. The third kappa shape index (κ3) is 3.56. The Morgan fingerprint density at radius 1 is 1.26 bits per heavy atom. The smallest absolute Gasteiger partial charge is 0.261 e. The first-order chi connectivity index (χ1) is 9.22. The maximum Gasteiger partial charge on any atom is 0.261 e. The lowest BCUT2D eigenvalue weighted by molar-refractivity contribution is 0.0955. The van der Waals surface area contributed by atoms with Crippen LogP contribution in [0.1, 0.15) is 20.1 Å². The first-order valence-corrected chi connectivity index (χ1v) is 6.74. The molecule has 100 valence electrons. The van der Waals surface area contributed by atoms with E-state index in [2.05, 4.69) is 5.32 Å². The second-order valence-electron chi connectivity index (χ2n) is 4.00. The number of thiophene rings is 1. The van der Waals surface area contributed by atoms with Crippen molar-refractivity contribution in [2.75, 3.05) is 7.11 Å². The predicted molar refractivity (Wildman–Crippen MR) is 76.4 cm³/mol. The molecular formula is C14H16N2O2S. The maximum atomic E-state index is 11.9. The van der Waals surface area contributed by atoms with Crippen molar-refractivity contribution in [3.63, 3.8) is 0 Å². The number of hydrogen-bond acceptors (Lipinski definition) is 4. The van der Waals surface area contributed by atoms with E-state index in [4.69, 9.17) is 10.5 Å². The third-order valence-corrected chi connectivity index (χ3v) is 3.81. The first kappa shape index (κ1) is 13.6. The molecule has 0 atom stereocenters. The number of ether oxygens (including phenoxy) is 1. The van der Waals surface area contributed by atoms with Crippen LogP contribution in [0.5, 0.6) is 5.75 Å². The molecule has 0 aliphatic heterocycles. The summed E-state index contributed by atoms with van der Waals surface area (Å²) in [4.78, 5) is 13.6. The van der Waals surface area contributed by atoms with Gasteiger partial charge in [-0.3, -0.25) is 4.79 Å². The quantitative estimate of drug-likeness (QED) is 0.879. The standard InChI is InChI=1S/C14H16N2O2S/c1-18-11-4-2-10(3-5-11)9-16-14(17)13-7-6-12(8-15)19-13/h2-7H,8-9,15H2,1H3,(H,16,17). The third-order valence-electron chi connectivity index (χ3n) is 2.70. The van der Waals surface area contributed by atoms with E-state index in [-0.39, 0.29) is 5.91 Å². The molecule has 4 nitrogen and oxygen atoms in total. The molecule has 3 N–H and O–H groups in total. The Balaban J connectivity index is 1.92. The van der Waals surface area contributed by atoms with Gasteiger partial charge in [0.25, 0.3) is 5.91 Å². The number of carbonyl (C=O) groups is 1. The minimum Gasteiger partial charge on any atom is -0.497 e. The summed E-state index contributed by atoms with van der Waals surface area (Å²) in [7, 11) is 1.63. The van der Waals surface area contributed by atoms with Crippen LogP contribution in [-0.4, -0.2) is 13.0 Å². The molecule has 1 aromatic carbocycles. The highest BCUT2D eigenvalue weighted by Gasteiger charge is 2.08. The van der Waals surface area contributed by atoms with Crippen LogP contribution in [-0.2, 0) is 13.1 Å². The van der Waals surface area contributed by atoms with Gasteiger partial charge in [-0.1, -0.05) is 12.1 Å². The van der Waals surface area contributed by atoms with Gasteiger partial charge in [-0.2, -0.15) is 0 Å². The van der Waals surface area contributed by atoms with Crippen molar-refractivity contribution in [2.24, 2.45) is 5.73 Å². The van der Waals surface area contributed by atoms with Crippen molar-refractivity contribution < 1.29 is 9.53 Å². The SMILES string of the molecule is COc1ccc(CNC(=O)c2ccc(CN)s2)cc1.